The molecule has 5 heteroatoms. The van der Waals surface area contributed by atoms with Gasteiger partial charge in [-0.15, -0.1) is 0 Å². The number of ether oxygens (including phenoxy) is 1. The summed E-state index contributed by atoms with van der Waals surface area (Å²) in [6.07, 6.45) is 6.23. The van der Waals surface area contributed by atoms with Gasteiger partial charge in [0.25, 0.3) is 0 Å². The molecule has 1 saturated heterocycles. The predicted octanol–water partition coefficient (Wildman–Crippen LogP) is 1.85. The summed E-state index contributed by atoms with van der Waals surface area (Å²) in [6, 6.07) is 4.52. The molecule has 1 aromatic rings. The second-order valence-corrected chi connectivity index (χ2v) is 5.37. The zero-order valence-corrected chi connectivity index (χ0v) is 12.1. The van der Waals surface area contributed by atoms with Gasteiger partial charge in [-0.05, 0) is 25.0 Å². The number of amides is 1. The molecule has 0 N–H and O–H groups in total. The van der Waals surface area contributed by atoms with Crippen LogP contribution in [0.5, 0.6) is 0 Å². The highest BCUT2D eigenvalue weighted by Crippen LogP contribution is 2.23. The maximum atomic E-state index is 12.3. The average molecular weight is 278 g/mol. The molecule has 0 aliphatic carbocycles. The van der Waals surface area contributed by atoms with Crippen molar-refractivity contribution in [3.63, 3.8) is 0 Å². The van der Waals surface area contributed by atoms with E-state index in [0.717, 1.165) is 25.9 Å². The summed E-state index contributed by atoms with van der Waals surface area (Å²) in [4.78, 5) is 25.3. The van der Waals surface area contributed by atoms with E-state index in [2.05, 4.69) is 21.7 Å². The smallest absolute Gasteiger partial charge is 0.306 e. The molecule has 0 spiro atoms. The fraction of sp³-hybridized carbons (Fsp3) is 0.600. The SMILES string of the molecule is COC(=O)CC(C)C(=O)N1CCC(n2cccc2)CC1. The summed E-state index contributed by atoms with van der Waals surface area (Å²) < 4.78 is 6.82. The van der Waals surface area contributed by atoms with E-state index in [1.54, 1.807) is 6.92 Å². The van der Waals surface area contributed by atoms with Crippen LogP contribution in [-0.2, 0) is 14.3 Å². The number of carbonyl (C=O) groups excluding carboxylic acids is 2. The van der Waals surface area contributed by atoms with Crippen molar-refractivity contribution >= 4 is 11.9 Å². The number of piperidine rings is 1. The minimum Gasteiger partial charge on any atom is -0.469 e. The topological polar surface area (TPSA) is 51.5 Å². The van der Waals surface area contributed by atoms with Gasteiger partial charge in [-0.25, -0.2) is 0 Å². The standard InChI is InChI=1S/C15H22N2O3/c1-12(11-14(18)20-2)15(19)17-9-5-13(6-10-17)16-7-3-4-8-16/h3-4,7-8,12-13H,5-6,9-11H2,1-2H3. The summed E-state index contributed by atoms with van der Waals surface area (Å²) in [5.74, 6) is -0.569. The first-order chi connectivity index (χ1) is 9.61. The molecule has 0 aromatic carbocycles. The molecule has 110 valence electrons. The van der Waals surface area contributed by atoms with Gasteiger partial charge >= 0.3 is 5.97 Å². The maximum Gasteiger partial charge on any atom is 0.306 e. The van der Waals surface area contributed by atoms with Gasteiger partial charge in [0.2, 0.25) is 5.91 Å². The highest BCUT2D eigenvalue weighted by atomic mass is 16.5. The Morgan fingerprint density at radius 2 is 1.85 bits per heavy atom. The molecule has 1 atom stereocenters. The van der Waals surface area contributed by atoms with Crippen LogP contribution in [-0.4, -0.2) is 41.5 Å². The van der Waals surface area contributed by atoms with Gasteiger partial charge in [-0.2, -0.15) is 0 Å². The van der Waals surface area contributed by atoms with Crippen molar-refractivity contribution < 1.29 is 14.3 Å². The monoisotopic (exact) mass is 278 g/mol. The minimum atomic E-state index is -0.326. The van der Waals surface area contributed by atoms with Crippen LogP contribution in [0.4, 0.5) is 0 Å². The van der Waals surface area contributed by atoms with Crippen LogP contribution in [0, 0.1) is 5.92 Å². The van der Waals surface area contributed by atoms with Crippen LogP contribution in [0.1, 0.15) is 32.2 Å². The third kappa shape index (κ3) is 3.40. The summed E-state index contributed by atoms with van der Waals surface area (Å²) in [7, 11) is 1.35. The number of carbonyl (C=O) groups is 2. The second kappa shape index (κ2) is 6.59. The lowest BCUT2D eigenvalue weighted by atomic mass is 10.0. The normalized spacial score (nSPS) is 17.8. The van der Waals surface area contributed by atoms with Crippen LogP contribution in [0.15, 0.2) is 24.5 Å². The third-order valence-electron chi connectivity index (χ3n) is 3.95. The number of hydrogen-bond donors (Lipinski definition) is 0. The van der Waals surface area contributed by atoms with Crippen molar-refractivity contribution in [2.24, 2.45) is 5.92 Å². The molecule has 1 aliphatic heterocycles. The van der Waals surface area contributed by atoms with Crippen molar-refractivity contribution in [3.8, 4) is 0 Å². The molecule has 1 aromatic heterocycles. The van der Waals surface area contributed by atoms with E-state index >= 15 is 0 Å². The van der Waals surface area contributed by atoms with E-state index in [9.17, 15) is 9.59 Å². The highest BCUT2D eigenvalue weighted by Gasteiger charge is 2.27. The number of rotatable bonds is 4. The van der Waals surface area contributed by atoms with Crippen LogP contribution in [0.25, 0.3) is 0 Å². The summed E-state index contributed by atoms with van der Waals surface area (Å²) in [6.45, 7) is 3.30. The molecule has 1 amide bonds. The largest absolute Gasteiger partial charge is 0.469 e. The Hall–Kier alpha value is -1.78. The Labute approximate surface area is 119 Å². The van der Waals surface area contributed by atoms with E-state index in [-0.39, 0.29) is 24.2 Å². The zero-order valence-electron chi connectivity index (χ0n) is 12.1. The van der Waals surface area contributed by atoms with Gasteiger partial charge < -0.3 is 14.2 Å². The fourth-order valence-electron chi connectivity index (χ4n) is 2.71. The van der Waals surface area contributed by atoms with E-state index in [0.29, 0.717) is 6.04 Å². The molecule has 1 aliphatic rings. The average Bonchev–Trinajstić information content (AvgIpc) is 3.00. The molecule has 2 rings (SSSR count). The Kier molecular flexibility index (Phi) is 4.82. The number of likely N-dealkylation sites (tertiary alicyclic amines) is 1. The maximum absolute atomic E-state index is 12.3. The highest BCUT2D eigenvalue weighted by molar-refractivity contribution is 5.83. The number of nitrogens with zero attached hydrogens (tertiary/aromatic N) is 2. The van der Waals surface area contributed by atoms with Gasteiger partial charge in [0.05, 0.1) is 13.5 Å². The number of esters is 1. The molecule has 1 unspecified atom stereocenters. The van der Waals surface area contributed by atoms with Crippen LogP contribution < -0.4 is 0 Å². The molecule has 5 nitrogen and oxygen atoms in total. The van der Waals surface area contributed by atoms with E-state index in [4.69, 9.17) is 0 Å². The second-order valence-electron chi connectivity index (χ2n) is 5.37. The van der Waals surface area contributed by atoms with Gasteiger partial charge in [-0.3, -0.25) is 9.59 Å². The first kappa shape index (κ1) is 14.6. The van der Waals surface area contributed by atoms with Gasteiger partial charge in [0, 0.05) is 37.4 Å². The predicted molar refractivity (Wildman–Crippen MR) is 75.1 cm³/mol. The van der Waals surface area contributed by atoms with Crippen molar-refractivity contribution in [2.45, 2.75) is 32.2 Å². The zero-order chi connectivity index (χ0) is 14.5. The number of hydrogen-bond acceptors (Lipinski definition) is 3. The Morgan fingerprint density at radius 1 is 1.25 bits per heavy atom. The molecule has 0 radical (unpaired) electrons. The molecule has 20 heavy (non-hydrogen) atoms. The summed E-state index contributed by atoms with van der Waals surface area (Å²) in [5, 5.41) is 0. The lowest BCUT2D eigenvalue weighted by molar-refractivity contribution is -0.146. The number of methoxy groups -OCH3 is 1. The molecule has 0 saturated carbocycles. The van der Waals surface area contributed by atoms with Crippen molar-refractivity contribution in [1.29, 1.82) is 0 Å². The van der Waals surface area contributed by atoms with Gasteiger partial charge in [0.1, 0.15) is 0 Å². The Morgan fingerprint density at radius 3 is 2.40 bits per heavy atom. The molecular weight excluding hydrogens is 256 g/mol. The molecule has 0 bridgehead atoms. The lowest BCUT2D eigenvalue weighted by Gasteiger charge is -2.34. The van der Waals surface area contributed by atoms with Gasteiger partial charge in [0.15, 0.2) is 0 Å². The quantitative estimate of drug-likeness (QED) is 0.790. The van der Waals surface area contributed by atoms with E-state index < -0.39 is 0 Å². The first-order valence-electron chi connectivity index (χ1n) is 7.10. The molecule has 2 heterocycles. The minimum absolute atomic E-state index is 0.0568. The first-order valence-corrected chi connectivity index (χ1v) is 7.10. The third-order valence-corrected chi connectivity index (χ3v) is 3.95. The van der Waals surface area contributed by atoms with E-state index in [1.807, 2.05) is 17.0 Å². The fourth-order valence-corrected chi connectivity index (χ4v) is 2.71. The lowest BCUT2D eigenvalue weighted by Crippen LogP contribution is -2.42. The number of aromatic nitrogens is 1. The van der Waals surface area contributed by atoms with Crippen LogP contribution >= 0.6 is 0 Å². The molecular formula is C15H22N2O3. The Bertz CT molecular complexity index is 448. The summed E-state index contributed by atoms with van der Waals surface area (Å²) >= 11 is 0. The van der Waals surface area contributed by atoms with Gasteiger partial charge in [-0.1, -0.05) is 6.92 Å². The molecule has 1 fully saturated rings. The van der Waals surface area contributed by atoms with Crippen molar-refractivity contribution in [2.75, 3.05) is 20.2 Å². The van der Waals surface area contributed by atoms with Crippen molar-refractivity contribution in [1.82, 2.24) is 9.47 Å². The van der Waals surface area contributed by atoms with Crippen LogP contribution in [0.2, 0.25) is 0 Å². The summed E-state index contributed by atoms with van der Waals surface area (Å²) in [5.41, 5.74) is 0. The Balaban J connectivity index is 1.84. The van der Waals surface area contributed by atoms with Crippen LogP contribution in [0.3, 0.4) is 0 Å². The van der Waals surface area contributed by atoms with E-state index in [1.165, 1.54) is 7.11 Å². The van der Waals surface area contributed by atoms with Crippen molar-refractivity contribution in [3.05, 3.63) is 24.5 Å².